The Bertz CT molecular complexity index is 587. The van der Waals surface area contributed by atoms with Crippen molar-refractivity contribution in [3.05, 3.63) is 53.5 Å². The van der Waals surface area contributed by atoms with Crippen molar-refractivity contribution >= 4 is 11.5 Å². The summed E-state index contributed by atoms with van der Waals surface area (Å²) in [5.41, 5.74) is 2.07. The molecular weight excluding hydrogens is 217 g/mol. The van der Waals surface area contributed by atoms with E-state index >= 15 is 0 Å². The van der Waals surface area contributed by atoms with Crippen LogP contribution in [0.4, 0.5) is 15.9 Å². The van der Waals surface area contributed by atoms with Crippen molar-refractivity contribution in [3.8, 4) is 6.07 Å². The van der Waals surface area contributed by atoms with Crippen molar-refractivity contribution in [1.29, 1.82) is 5.26 Å². The van der Waals surface area contributed by atoms with Crippen molar-refractivity contribution in [2.45, 2.75) is 6.92 Å². The molecule has 1 N–H and O–H groups in total. The van der Waals surface area contributed by atoms with Crippen LogP contribution < -0.4 is 5.32 Å². The van der Waals surface area contributed by atoms with Gasteiger partial charge in [0.2, 0.25) is 0 Å². The SMILES string of the molecule is Cc1ccc(F)cc1Nc1cc(C#N)ccn1. The molecule has 0 spiro atoms. The molecule has 2 rings (SSSR count). The lowest BCUT2D eigenvalue weighted by atomic mass is 10.2. The highest BCUT2D eigenvalue weighted by Gasteiger charge is 2.02. The second-order valence-electron chi connectivity index (χ2n) is 3.63. The molecule has 0 amide bonds. The number of hydrogen-bond donors (Lipinski definition) is 1. The Hall–Kier alpha value is -2.41. The first-order valence-corrected chi connectivity index (χ1v) is 5.08. The summed E-state index contributed by atoms with van der Waals surface area (Å²) >= 11 is 0. The van der Waals surface area contributed by atoms with Crippen LogP contribution in [0.1, 0.15) is 11.1 Å². The third-order valence-electron chi connectivity index (χ3n) is 2.35. The molecule has 17 heavy (non-hydrogen) atoms. The van der Waals surface area contributed by atoms with Gasteiger partial charge in [-0.25, -0.2) is 9.37 Å². The normalized spacial score (nSPS) is 9.71. The standard InChI is InChI=1S/C13H10FN3/c1-9-2-3-11(14)7-12(9)17-13-6-10(8-15)4-5-16-13/h2-7H,1H3,(H,16,17). The fourth-order valence-corrected chi connectivity index (χ4v) is 1.44. The molecular formula is C13H10FN3. The summed E-state index contributed by atoms with van der Waals surface area (Å²) in [4.78, 5) is 4.07. The topological polar surface area (TPSA) is 48.7 Å². The van der Waals surface area contributed by atoms with Crippen molar-refractivity contribution in [1.82, 2.24) is 4.98 Å². The second kappa shape index (κ2) is 4.62. The first-order chi connectivity index (χ1) is 8.19. The van der Waals surface area contributed by atoms with E-state index in [0.29, 0.717) is 17.1 Å². The third-order valence-corrected chi connectivity index (χ3v) is 2.35. The summed E-state index contributed by atoms with van der Waals surface area (Å²) in [6.07, 6.45) is 1.54. The van der Waals surface area contributed by atoms with Gasteiger partial charge >= 0.3 is 0 Å². The maximum Gasteiger partial charge on any atom is 0.131 e. The summed E-state index contributed by atoms with van der Waals surface area (Å²) in [6, 6.07) is 9.74. The Morgan fingerprint density at radius 3 is 2.88 bits per heavy atom. The average molecular weight is 227 g/mol. The Labute approximate surface area is 98.5 Å². The molecule has 1 heterocycles. The predicted octanol–water partition coefficient (Wildman–Crippen LogP) is 3.14. The van der Waals surface area contributed by atoms with Crippen LogP contribution in [-0.4, -0.2) is 4.98 Å². The van der Waals surface area contributed by atoms with Gasteiger partial charge in [0.05, 0.1) is 11.6 Å². The van der Waals surface area contributed by atoms with Gasteiger partial charge < -0.3 is 5.32 Å². The largest absolute Gasteiger partial charge is 0.340 e. The van der Waals surface area contributed by atoms with Crippen LogP contribution in [0, 0.1) is 24.1 Å². The van der Waals surface area contributed by atoms with E-state index in [1.807, 2.05) is 13.0 Å². The van der Waals surface area contributed by atoms with Crippen LogP contribution in [0.3, 0.4) is 0 Å². The van der Waals surface area contributed by atoms with Crippen LogP contribution >= 0.6 is 0 Å². The summed E-state index contributed by atoms with van der Waals surface area (Å²) in [5.74, 6) is 0.215. The van der Waals surface area contributed by atoms with E-state index in [1.54, 1.807) is 18.2 Å². The number of pyridine rings is 1. The average Bonchev–Trinajstić information content (AvgIpc) is 2.34. The van der Waals surface area contributed by atoms with Crippen LogP contribution in [0.15, 0.2) is 36.5 Å². The molecule has 84 valence electrons. The third kappa shape index (κ3) is 2.58. The smallest absolute Gasteiger partial charge is 0.131 e. The fraction of sp³-hybridized carbons (Fsp3) is 0.0769. The minimum atomic E-state index is -0.311. The molecule has 1 aromatic heterocycles. The van der Waals surface area contributed by atoms with E-state index in [4.69, 9.17) is 5.26 Å². The van der Waals surface area contributed by atoms with E-state index < -0.39 is 0 Å². The molecule has 1 aromatic carbocycles. The number of aryl methyl sites for hydroxylation is 1. The van der Waals surface area contributed by atoms with Crippen molar-refractivity contribution in [2.75, 3.05) is 5.32 Å². The number of rotatable bonds is 2. The summed E-state index contributed by atoms with van der Waals surface area (Å²) < 4.78 is 13.1. The zero-order valence-electron chi connectivity index (χ0n) is 9.24. The maximum absolute atomic E-state index is 13.1. The lowest BCUT2D eigenvalue weighted by molar-refractivity contribution is 0.628. The molecule has 0 fully saturated rings. The number of hydrogen-bond acceptors (Lipinski definition) is 3. The van der Waals surface area contributed by atoms with Crippen molar-refractivity contribution < 1.29 is 4.39 Å². The van der Waals surface area contributed by atoms with E-state index in [0.717, 1.165) is 5.56 Å². The van der Waals surface area contributed by atoms with Gasteiger partial charge in [-0.2, -0.15) is 5.26 Å². The molecule has 4 heteroatoms. The van der Waals surface area contributed by atoms with Gasteiger partial charge in [-0.05, 0) is 36.8 Å². The van der Waals surface area contributed by atoms with Gasteiger partial charge in [0.1, 0.15) is 11.6 Å². The molecule has 0 aliphatic carbocycles. The maximum atomic E-state index is 13.1. The van der Waals surface area contributed by atoms with Crippen LogP contribution in [0.5, 0.6) is 0 Å². The first-order valence-electron chi connectivity index (χ1n) is 5.08. The molecule has 0 radical (unpaired) electrons. The van der Waals surface area contributed by atoms with Crippen LogP contribution in [0.25, 0.3) is 0 Å². The van der Waals surface area contributed by atoms with Gasteiger partial charge in [0.25, 0.3) is 0 Å². The highest BCUT2D eigenvalue weighted by molar-refractivity contribution is 5.61. The molecule has 0 aliphatic heterocycles. The molecule has 0 unspecified atom stereocenters. The van der Waals surface area contributed by atoms with Crippen LogP contribution in [0.2, 0.25) is 0 Å². The van der Waals surface area contributed by atoms with Gasteiger partial charge in [-0.1, -0.05) is 6.07 Å². The Kier molecular flexibility index (Phi) is 3.01. The molecule has 0 bridgehead atoms. The molecule has 0 aliphatic rings. The number of anilines is 2. The lowest BCUT2D eigenvalue weighted by Gasteiger charge is -2.08. The van der Waals surface area contributed by atoms with E-state index in [-0.39, 0.29) is 5.82 Å². The number of nitrogens with one attached hydrogen (secondary N) is 1. The Morgan fingerprint density at radius 1 is 1.29 bits per heavy atom. The number of halogens is 1. The monoisotopic (exact) mass is 227 g/mol. The van der Waals surface area contributed by atoms with Gasteiger partial charge in [-0.15, -0.1) is 0 Å². The number of benzene rings is 1. The first kappa shape index (κ1) is 11.1. The van der Waals surface area contributed by atoms with Crippen LogP contribution in [-0.2, 0) is 0 Å². The quantitative estimate of drug-likeness (QED) is 0.857. The number of nitriles is 1. The van der Waals surface area contributed by atoms with Crippen molar-refractivity contribution in [2.24, 2.45) is 0 Å². The molecule has 0 atom stereocenters. The molecule has 0 saturated heterocycles. The van der Waals surface area contributed by atoms with E-state index in [2.05, 4.69) is 10.3 Å². The second-order valence-corrected chi connectivity index (χ2v) is 3.63. The predicted molar refractivity (Wildman–Crippen MR) is 63.4 cm³/mol. The Balaban J connectivity index is 2.31. The summed E-state index contributed by atoms with van der Waals surface area (Å²) in [6.45, 7) is 1.87. The minimum Gasteiger partial charge on any atom is -0.340 e. The lowest BCUT2D eigenvalue weighted by Crippen LogP contribution is -1.96. The molecule has 2 aromatic rings. The molecule has 0 saturated carbocycles. The van der Waals surface area contributed by atoms with Gasteiger partial charge in [0, 0.05) is 11.9 Å². The zero-order chi connectivity index (χ0) is 12.3. The zero-order valence-corrected chi connectivity index (χ0v) is 9.24. The van der Waals surface area contributed by atoms with E-state index in [9.17, 15) is 4.39 Å². The molecule has 3 nitrogen and oxygen atoms in total. The summed E-state index contributed by atoms with van der Waals surface area (Å²) in [7, 11) is 0. The van der Waals surface area contributed by atoms with Gasteiger partial charge in [0.15, 0.2) is 0 Å². The number of nitrogens with zero attached hydrogens (tertiary/aromatic N) is 2. The van der Waals surface area contributed by atoms with Crippen molar-refractivity contribution in [3.63, 3.8) is 0 Å². The van der Waals surface area contributed by atoms with Gasteiger partial charge in [-0.3, -0.25) is 0 Å². The number of aromatic nitrogens is 1. The Morgan fingerprint density at radius 2 is 2.12 bits per heavy atom. The highest BCUT2D eigenvalue weighted by Crippen LogP contribution is 2.20. The van der Waals surface area contributed by atoms with E-state index in [1.165, 1.54) is 18.3 Å². The highest BCUT2D eigenvalue weighted by atomic mass is 19.1. The minimum absolute atomic E-state index is 0.311. The fourth-order valence-electron chi connectivity index (χ4n) is 1.44. The summed E-state index contributed by atoms with van der Waals surface area (Å²) in [5, 5.41) is 11.7.